The van der Waals surface area contributed by atoms with E-state index in [0.29, 0.717) is 47.8 Å². The van der Waals surface area contributed by atoms with Gasteiger partial charge in [-0.1, -0.05) is 101 Å². The van der Waals surface area contributed by atoms with E-state index in [0.717, 1.165) is 89.9 Å². The van der Waals surface area contributed by atoms with Crippen molar-refractivity contribution in [1.82, 2.24) is 0 Å². The van der Waals surface area contributed by atoms with Gasteiger partial charge in [0.2, 0.25) is 0 Å². The van der Waals surface area contributed by atoms with Crippen molar-refractivity contribution in [3.8, 4) is 0 Å². The number of quaternary nitrogens is 1. The molecule has 0 saturated heterocycles. The van der Waals surface area contributed by atoms with Crippen LogP contribution in [0.15, 0.2) is 48.5 Å². The van der Waals surface area contributed by atoms with Crippen LogP contribution >= 0.6 is 0 Å². The van der Waals surface area contributed by atoms with Gasteiger partial charge in [0.15, 0.2) is 6.10 Å². The minimum atomic E-state index is -0.521. The molecule has 0 aromatic heterocycles. The van der Waals surface area contributed by atoms with Crippen molar-refractivity contribution < 1.29 is 52.5 Å². The Bertz CT molecular complexity index is 1590. The van der Waals surface area contributed by atoms with Gasteiger partial charge in [-0.3, -0.25) is 39.4 Å². The molecule has 0 spiro atoms. The first-order valence-corrected chi connectivity index (χ1v) is 21.2. The monoisotopic (exact) mass is 828 g/mol. The van der Waals surface area contributed by atoms with Crippen molar-refractivity contribution >= 4 is 35.3 Å². The van der Waals surface area contributed by atoms with Crippen LogP contribution in [0.4, 0.5) is 11.4 Å². The Hall–Kier alpha value is -4.92. The summed E-state index contributed by atoms with van der Waals surface area (Å²) < 4.78 is 22.2. The van der Waals surface area contributed by atoms with Gasteiger partial charge in [0.1, 0.15) is 26.4 Å². The second-order valence-electron chi connectivity index (χ2n) is 16.0. The first-order valence-electron chi connectivity index (χ1n) is 21.2. The highest BCUT2D eigenvalue weighted by Crippen LogP contribution is 2.21. The van der Waals surface area contributed by atoms with Crippen molar-refractivity contribution in [2.75, 3.05) is 34.3 Å². The Morgan fingerprint density at radius 3 is 1.19 bits per heavy atom. The molecule has 0 saturated carbocycles. The number of nitro benzene ring substituents is 2. The van der Waals surface area contributed by atoms with Gasteiger partial charge in [0.05, 0.1) is 42.1 Å². The normalized spacial score (nSPS) is 11.7. The largest absolute Gasteiger partial charge is 0.461 e. The average Bonchev–Trinajstić information content (AvgIpc) is 3.19. The highest BCUT2D eigenvalue weighted by Gasteiger charge is 2.24. The number of benzene rings is 2. The second kappa shape index (κ2) is 29.3. The van der Waals surface area contributed by atoms with Crippen LogP contribution in [0, 0.1) is 20.2 Å². The van der Waals surface area contributed by atoms with Crippen molar-refractivity contribution in [3.05, 3.63) is 79.9 Å². The van der Waals surface area contributed by atoms with Crippen LogP contribution < -0.4 is 0 Å². The number of para-hydroxylation sites is 2. The molecule has 2 rings (SSSR count). The quantitative estimate of drug-likeness (QED) is 0.0166. The van der Waals surface area contributed by atoms with E-state index in [-0.39, 0.29) is 67.9 Å². The third-order valence-electron chi connectivity index (χ3n) is 9.66. The Morgan fingerprint density at radius 2 is 0.831 bits per heavy atom. The van der Waals surface area contributed by atoms with Gasteiger partial charge >= 0.3 is 23.9 Å². The predicted molar refractivity (Wildman–Crippen MR) is 222 cm³/mol. The number of esters is 4. The van der Waals surface area contributed by atoms with Gasteiger partial charge in [-0.2, -0.15) is 0 Å². The van der Waals surface area contributed by atoms with Gasteiger partial charge < -0.3 is 23.4 Å². The number of carbonyl (C=O) groups excluding carboxylic acids is 4. The van der Waals surface area contributed by atoms with Crippen LogP contribution in [-0.4, -0.2) is 78.6 Å². The molecule has 15 heteroatoms. The van der Waals surface area contributed by atoms with Crippen molar-refractivity contribution in [2.24, 2.45) is 0 Å². The molecule has 1 atom stereocenters. The molecule has 2 aromatic carbocycles. The molecule has 0 N–H and O–H groups in total. The van der Waals surface area contributed by atoms with Gasteiger partial charge in [0.25, 0.3) is 11.4 Å². The molecule has 0 radical (unpaired) electrons. The van der Waals surface area contributed by atoms with E-state index >= 15 is 0 Å². The van der Waals surface area contributed by atoms with Gasteiger partial charge in [-0.05, 0) is 37.8 Å². The SMILES string of the molecule is C[N+](C)(C)CC(COC(=O)CCCCCCCCCCC(=O)OCc1ccccc1[N+](=O)[O-])OC(=O)CCCCCCCCCCC(=O)OCc1ccccc1[N+](=O)[O-]. The highest BCUT2D eigenvalue weighted by molar-refractivity contribution is 5.71. The predicted octanol–water partition coefficient (Wildman–Crippen LogP) is 9.25. The van der Waals surface area contributed by atoms with E-state index in [9.17, 15) is 39.4 Å². The Morgan fingerprint density at radius 1 is 0.508 bits per heavy atom. The van der Waals surface area contributed by atoms with Gasteiger partial charge in [-0.25, -0.2) is 0 Å². The summed E-state index contributed by atoms with van der Waals surface area (Å²) >= 11 is 0. The van der Waals surface area contributed by atoms with Crippen molar-refractivity contribution in [1.29, 1.82) is 0 Å². The summed E-state index contributed by atoms with van der Waals surface area (Å²) in [6.07, 6.45) is 15.2. The summed E-state index contributed by atoms with van der Waals surface area (Å²) in [6.45, 7) is 0.338. The fourth-order valence-corrected chi connectivity index (χ4v) is 6.52. The number of ether oxygens (including phenoxy) is 4. The number of carbonyl (C=O) groups is 4. The zero-order valence-electron chi connectivity index (χ0n) is 35.4. The van der Waals surface area contributed by atoms with Crippen LogP contribution in [0.2, 0.25) is 0 Å². The Labute approximate surface area is 349 Å². The van der Waals surface area contributed by atoms with E-state index < -0.39 is 16.0 Å². The van der Waals surface area contributed by atoms with Crippen LogP contribution in [-0.2, 0) is 51.3 Å². The Kier molecular flexibility index (Phi) is 25.0. The first-order chi connectivity index (χ1) is 28.2. The van der Waals surface area contributed by atoms with Crippen molar-refractivity contribution in [2.45, 2.75) is 148 Å². The van der Waals surface area contributed by atoms with Gasteiger partial charge in [0, 0.05) is 37.8 Å². The Balaban J connectivity index is 1.46. The number of rotatable bonds is 33. The summed E-state index contributed by atoms with van der Waals surface area (Å²) in [7, 11) is 5.98. The van der Waals surface area contributed by atoms with E-state index in [1.165, 1.54) is 12.1 Å². The molecule has 59 heavy (non-hydrogen) atoms. The topological polar surface area (TPSA) is 191 Å². The smallest absolute Gasteiger partial charge is 0.306 e. The number of nitro groups is 2. The maximum atomic E-state index is 12.6. The molecule has 0 aliphatic heterocycles. The molecular weight excluding hydrogens is 762 g/mol. The average molecular weight is 829 g/mol. The lowest BCUT2D eigenvalue weighted by atomic mass is 10.1. The third kappa shape index (κ3) is 24.6. The minimum Gasteiger partial charge on any atom is -0.461 e. The van der Waals surface area contributed by atoms with E-state index in [2.05, 4.69) is 0 Å². The molecule has 0 heterocycles. The minimum absolute atomic E-state index is 0.0348. The highest BCUT2D eigenvalue weighted by atomic mass is 16.6. The summed E-state index contributed by atoms with van der Waals surface area (Å²) in [5.41, 5.74) is 0.638. The molecule has 0 aliphatic carbocycles. The number of likely N-dealkylation sites (N-methyl/N-ethyl adjacent to an activating group) is 1. The first kappa shape index (κ1) is 50.2. The van der Waals surface area contributed by atoms with Gasteiger partial charge in [-0.15, -0.1) is 0 Å². The molecule has 15 nitrogen and oxygen atoms in total. The lowest BCUT2D eigenvalue weighted by molar-refractivity contribution is -0.873. The fraction of sp³-hybridized carbons (Fsp3) is 0.636. The van der Waals surface area contributed by atoms with Crippen LogP contribution in [0.5, 0.6) is 0 Å². The zero-order chi connectivity index (χ0) is 43.3. The van der Waals surface area contributed by atoms with Crippen molar-refractivity contribution in [3.63, 3.8) is 0 Å². The van der Waals surface area contributed by atoms with E-state index in [1.54, 1.807) is 36.4 Å². The molecule has 0 amide bonds. The zero-order valence-corrected chi connectivity index (χ0v) is 35.4. The number of hydrogen-bond acceptors (Lipinski definition) is 12. The molecule has 0 aliphatic rings. The summed E-state index contributed by atoms with van der Waals surface area (Å²) in [5.74, 6) is -1.30. The maximum absolute atomic E-state index is 12.6. The van der Waals surface area contributed by atoms with Crippen LogP contribution in [0.3, 0.4) is 0 Å². The number of unbranched alkanes of at least 4 members (excludes halogenated alkanes) is 14. The molecule has 0 bridgehead atoms. The molecular formula is C44H66N3O12+. The number of nitrogens with zero attached hydrogens (tertiary/aromatic N) is 3. The lowest BCUT2D eigenvalue weighted by Gasteiger charge is -2.28. The fourth-order valence-electron chi connectivity index (χ4n) is 6.52. The second-order valence-corrected chi connectivity index (χ2v) is 16.0. The molecule has 328 valence electrons. The molecule has 0 fully saturated rings. The van der Waals surface area contributed by atoms with Crippen LogP contribution in [0.25, 0.3) is 0 Å². The standard InChI is InChI=1S/C44H66N3O12/c1-47(2,3)32-38(59-44(51)31-19-15-11-7-6-9-13-17-29-42(49)57-34-37-25-21-23-27-40(37)46(54)55)35-58-43(50)30-18-14-10-5-4-8-12-16-28-41(48)56-33-36-24-20-22-26-39(36)45(52)53/h20-27,38H,4-19,28-35H2,1-3H3/q+1. The summed E-state index contributed by atoms with van der Waals surface area (Å²) in [6, 6.07) is 12.4. The number of hydrogen-bond donors (Lipinski definition) is 0. The molecule has 2 aromatic rings. The van der Waals surface area contributed by atoms with E-state index in [4.69, 9.17) is 18.9 Å². The third-order valence-corrected chi connectivity index (χ3v) is 9.66. The van der Waals surface area contributed by atoms with Crippen LogP contribution in [0.1, 0.15) is 140 Å². The van der Waals surface area contributed by atoms with E-state index in [1.807, 2.05) is 21.1 Å². The molecule has 1 unspecified atom stereocenters. The summed E-state index contributed by atoms with van der Waals surface area (Å²) in [5, 5.41) is 22.2. The maximum Gasteiger partial charge on any atom is 0.306 e. The summed E-state index contributed by atoms with van der Waals surface area (Å²) in [4.78, 5) is 70.4. The lowest BCUT2D eigenvalue weighted by Crippen LogP contribution is -2.45.